The van der Waals surface area contributed by atoms with Gasteiger partial charge in [0.1, 0.15) is 5.82 Å². The van der Waals surface area contributed by atoms with Crippen LogP contribution in [0.15, 0.2) is 60.7 Å². The first-order chi connectivity index (χ1) is 16.3. The topological polar surface area (TPSA) is 85.3 Å². The molecule has 0 fully saturated rings. The van der Waals surface area contributed by atoms with Crippen LogP contribution in [0, 0.1) is 5.82 Å². The number of halogens is 1. The van der Waals surface area contributed by atoms with Gasteiger partial charge in [-0.1, -0.05) is 30.3 Å². The molecule has 1 atom stereocenters. The molecule has 0 aliphatic carbocycles. The predicted molar refractivity (Wildman–Crippen MR) is 123 cm³/mol. The second-order valence-corrected chi connectivity index (χ2v) is 7.91. The van der Waals surface area contributed by atoms with E-state index in [2.05, 4.69) is 0 Å². The highest BCUT2D eigenvalue weighted by molar-refractivity contribution is 6.10. The highest BCUT2D eigenvalue weighted by Gasteiger charge is 2.50. The van der Waals surface area contributed by atoms with Crippen LogP contribution < -0.4 is 19.1 Å². The van der Waals surface area contributed by atoms with Crippen molar-refractivity contribution in [2.24, 2.45) is 0 Å². The Morgan fingerprint density at radius 1 is 0.971 bits per heavy atom. The lowest BCUT2D eigenvalue weighted by molar-refractivity contribution is -0.136. The number of methoxy groups -OCH3 is 3. The molecule has 3 aromatic rings. The van der Waals surface area contributed by atoms with E-state index >= 15 is 0 Å². The molecule has 0 saturated carbocycles. The zero-order valence-electron chi connectivity index (χ0n) is 19.0. The Hall–Kier alpha value is -3.91. The SMILES string of the molecule is COc1cc(C(=O)C[C@]2(O)C(=O)N(Cc3ccc(F)cc3)c3ccccc32)cc(OC)c1OC. The van der Waals surface area contributed by atoms with Crippen LogP contribution in [0.1, 0.15) is 27.9 Å². The second kappa shape index (κ2) is 9.15. The summed E-state index contributed by atoms with van der Waals surface area (Å²) >= 11 is 0. The van der Waals surface area contributed by atoms with Gasteiger partial charge in [0, 0.05) is 11.1 Å². The van der Waals surface area contributed by atoms with E-state index in [9.17, 15) is 19.1 Å². The molecule has 0 aromatic heterocycles. The van der Waals surface area contributed by atoms with Crippen molar-refractivity contribution in [3.05, 3.63) is 83.2 Å². The number of para-hydroxylation sites is 1. The van der Waals surface area contributed by atoms with Gasteiger partial charge in [0.15, 0.2) is 22.9 Å². The van der Waals surface area contributed by atoms with Crippen molar-refractivity contribution in [2.45, 2.75) is 18.6 Å². The van der Waals surface area contributed by atoms with Gasteiger partial charge in [0.05, 0.1) is 40.0 Å². The van der Waals surface area contributed by atoms with Crippen molar-refractivity contribution in [1.82, 2.24) is 0 Å². The molecule has 3 aromatic carbocycles. The number of Topliss-reactive ketones (excluding diaryl/α,β-unsaturated/α-hetero) is 1. The number of nitrogens with zero attached hydrogens (tertiary/aromatic N) is 1. The first kappa shape index (κ1) is 23.3. The minimum Gasteiger partial charge on any atom is -0.493 e. The van der Waals surface area contributed by atoms with Crippen molar-refractivity contribution < 1.29 is 33.3 Å². The van der Waals surface area contributed by atoms with Gasteiger partial charge in [-0.15, -0.1) is 0 Å². The molecule has 8 heteroatoms. The largest absolute Gasteiger partial charge is 0.493 e. The molecule has 34 heavy (non-hydrogen) atoms. The summed E-state index contributed by atoms with van der Waals surface area (Å²) in [6.07, 6.45) is -0.485. The number of benzene rings is 3. The summed E-state index contributed by atoms with van der Waals surface area (Å²) in [5, 5.41) is 11.5. The quantitative estimate of drug-likeness (QED) is 0.509. The van der Waals surface area contributed by atoms with Crippen molar-refractivity contribution in [3.8, 4) is 17.2 Å². The molecule has 0 spiro atoms. The molecule has 4 rings (SSSR count). The summed E-state index contributed by atoms with van der Waals surface area (Å²) in [7, 11) is 4.32. The summed E-state index contributed by atoms with van der Waals surface area (Å²) in [6.45, 7) is 0.122. The van der Waals surface area contributed by atoms with Crippen LogP contribution in [-0.4, -0.2) is 38.1 Å². The van der Waals surface area contributed by atoms with Gasteiger partial charge < -0.3 is 24.2 Å². The van der Waals surface area contributed by atoms with Gasteiger partial charge in [-0.3, -0.25) is 9.59 Å². The van der Waals surface area contributed by atoms with Crippen molar-refractivity contribution in [1.29, 1.82) is 0 Å². The molecule has 1 amide bonds. The summed E-state index contributed by atoms with van der Waals surface area (Å²) < 4.78 is 29.2. The van der Waals surface area contributed by atoms with Crippen molar-refractivity contribution in [3.63, 3.8) is 0 Å². The molecule has 7 nitrogen and oxygen atoms in total. The van der Waals surface area contributed by atoms with Crippen LogP contribution in [-0.2, 0) is 16.9 Å². The van der Waals surface area contributed by atoms with Crippen LogP contribution in [0.3, 0.4) is 0 Å². The van der Waals surface area contributed by atoms with Crippen molar-refractivity contribution >= 4 is 17.4 Å². The summed E-state index contributed by atoms with van der Waals surface area (Å²) in [6, 6.07) is 15.5. The first-order valence-electron chi connectivity index (χ1n) is 10.5. The molecule has 1 aliphatic rings. The summed E-state index contributed by atoms with van der Waals surface area (Å²) in [5.74, 6) is -0.591. The fraction of sp³-hybridized carbons (Fsp3) is 0.231. The number of ether oxygens (including phenoxy) is 3. The average Bonchev–Trinajstić information content (AvgIpc) is 3.06. The number of rotatable bonds is 8. The molecular weight excluding hydrogens is 441 g/mol. The lowest BCUT2D eigenvalue weighted by Gasteiger charge is -2.23. The molecule has 1 aliphatic heterocycles. The lowest BCUT2D eigenvalue weighted by atomic mass is 9.88. The van der Waals surface area contributed by atoms with Gasteiger partial charge >= 0.3 is 0 Å². The third kappa shape index (κ3) is 3.97. The number of carbonyl (C=O) groups is 2. The number of aliphatic hydroxyl groups is 1. The number of hydrogen-bond donors (Lipinski definition) is 1. The van der Waals surface area contributed by atoms with E-state index in [1.165, 1.54) is 50.5 Å². The van der Waals surface area contributed by atoms with Crippen LogP contribution >= 0.6 is 0 Å². The summed E-state index contributed by atoms with van der Waals surface area (Å²) in [4.78, 5) is 28.1. The van der Waals surface area contributed by atoms with E-state index in [4.69, 9.17) is 14.2 Å². The van der Waals surface area contributed by atoms with Crippen LogP contribution in [0.2, 0.25) is 0 Å². The predicted octanol–water partition coefficient (Wildman–Crippen LogP) is 3.86. The fourth-order valence-electron chi connectivity index (χ4n) is 4.18. The molecule has 0 saturated heterocycles. The zero-order valence-corrected chi connectivity index (χ0v) is 19.0. The Kier molecular flexibility index (Phi) is 6.26. The monoisotopic (exact) mass is 465 g/mol. The number of ketones is 1. The molecule has 1 heterocycles. The number of amides is 1. The fourth-order valence-corrected chi connectivity index (χ4v) is 4.18. The van der Waals surface area contributed by atoms with E-state index in [0.717, 1.165) is 0 Å². The maximum absolute atomic E-state index is 13.4. The van der Waals surface area contributed by atoms with Crippen LogP contribution in [0.5, 0.6) is 17.2 Å². The number of fused-ring (bicyclic) bond motifs is 1. The number of hydrogen-bond acceptors (Lipinski definition) is 6. The number of anilines is 1. The van der Waals surface area contributed by atoms with E-state index in [-0.39, 0.29) is 29.4 Å². The molecule has 1 N–H and O–H groups in total. The Labute approximate surface area is 196 Å². The van der Waals surface area contributed by atoms with Crippen molar-refractivity contribution in [2.75, 3.05) is 26.2 Å². The Balaban J connectivity index is 1.68. The molecule has 0 radical (unpaired) electrons. The third-order valence-corrected chi connectivity index (χ3v) is 5.90. The highest BCUT2D eigenvalue weighted by Crippen LogP contribution is 2.44. The Morgan fingerprint density at radius 2 is 1.59 bits per heavy atom. The lowest BCUT2D eigenvalue weighted by Crippen LogP contribution is -2.41. The number of carbonyl (C=O) groups excluding carboxylic acids is 2. The second-order valence-electron chi connectivity index (χ2n) is 7.91. The van der Waals surface area contributed by atoms with Gasteiger partial charge in [0.25, 0.3) is 5.91 Å². The van der Waals surface area contributed by atoms with E-state index in [1.54, 1.807) is 36.4 Å². The minimum absolute atomic E-state index is 0.122. The molecular formula is C26H24FNO6. The zero-order chi connectivity index (χ0) is 24.5. The van der Waals surface area contributed by atoms with Gasteiger partial charge in [0.2, 0.25) is 5.75 Å². The Morgan fingerprint density at radius 3 is 2.18 bits per heavy atom. The van der Waals surface area contributed by atoms with Gasteiger partial charge in [-0.05, 0) is 35.9 Å². The highest BCUT2D eigenvalue weighted by atomic mass is 19.1. The van der Waals surface area contributed by atoms with Crippen LogP contribution in [0.25, 0.3) is 0 Å². The van der Waals surface area contributed by atoms with E-state index < -0.39 is 23.7 Å². The maximum Gasteiger partial charge on any atom is 0.264 e. The van der Waals surface area contributed by atoms with E-state index in [0.29, 0.717) is 22.6 Å². The first-order valence-corrected chi connectivity index (χ1v) is 10.5. The van der Waals surface area contributed by atoms with E-state index in [1.807, 2.05) is 0 Å². The molecule has 0 unspecified atom stereocenters. The minimum atomic E-state index is -2.06. The Bertz CT molecular complexity index is 1220. The van der Waals surface area contributed by atoms with Gasteiger partial charge in [-0.25, -0.2) is 4.39 Å². The maximum atomic E-state index is 13.4. The smallest absolute Gasteiger partial charge is 0.264 e. The van der Waals surface area contributed by atoms with Crippen LogP contribution in [0.4, 0.5) is 10.1 Å². The third-order valence-electron chi connectivity index (χ3n) is 5.90. The summed E-state index contributed by atoms with van der Waals surface area (Å²) in [5.41, 5.74) is -0.344. The standard InChI is InChI=1S/C26H24FNO6/c1-32-22-12-17(13-23(33-2)24(22)34-3)21(29)14-26(31)19-6-4-5-7-20(19)28(25(26)30)15-16-8-10-18(27)11-9-16/h4-13,31H,14-15H2,1-3H3/t26-/m1/s1. The molecule has 176 valence electrons. The average molecular weight is 465 g/mol. The molecule has 0 bridgehead atoms. The normalized spacial score (nSPS) is 16.9. The van der Waals surface area contributed by atoms with Gasteiger partial charge in [-0.2, -0.15) is 0 Å².